The van der Waals surface area contributed by atoms with Crippen LogP contribution in [0.25, 0.3) is 0 Å². The van der Waals surface area contributed by atoms with Crippen molar-refractivity contribution in [3.63, 3.8) is 0 Å². The first-order chi connectivity index (χ1) is 7.75. The molecule has 1 unspecified atom stereocenters. The van der Waals surface area contributed by atoms with E-state index in [1.165, 1.54) is 0 Å². The van der Waals surface area contributed by atoms with Gasteiger partial charge in [-0.2, -0.15) is 4.98 Å². The van der Waals surface area contributed by atoms with E-state index in [1.54, 1.807) is 6.20 Å². The molecule has 0 N–H and O–H groups in total. The van der Waals surface area contributed by atoms with Gasteiger partial charge in [0.15, 0.2) is 0 Å². The molecular formula is C9H10BrClN2O3. The largest absolute Gasteiger partial charge is 0.474 e. The molecule has 0 aromatic carbocycles. The summed E-state index contributed by atoms with van der Waals surface area (Å²) in [6, 6.07) is 0. The number of halogens is 2. The molecule has 1 fully saturated rings. The number of ether oxygens (including phenoxy) is 3. The van der Waals surface area contributed by atoms with Gasteiger partial charge in [-0.05, 0) is 27.5 Å². The summed E-state index contributed by atoms with van der Waals surface area (Å²) in [5.41, 5.74) is 0. The Morgan fingerprint density at radius 3 is 3.19 bits per heavy atom. The number of hydrogen-bond donors (Lipinski definition) is 0. The molecule has 2 heterocycles. The molecule has 7 heteroatoms. The van der Waals surface area contributed by atoms with E-state index in [0.29, 0.717) is 36.8 Å². The molecular weight excluding hydrogens is 299 g/mol. The van der Waals surface area contributed by atoms with E-state index >= 15 is 0 Å². The third-order valence-corrected chi connectivity index (χ3v) is 2.70. The molecule has 1 atom stereocenters. The molecule has 1 aliphatic heterocycles. The molecule has 1 aromatic rings. The zero-order chi connectivity index (χ0) is 11.4. The molecule has 2 rings (SSSR count). The third kappa shape index (κ3) is 3.28. The topological polar surface area (TPSA) is 53.5 Å². The van der Waals surface area contributed by atoms with Crippen molar-refractivity contribution in [1.82, 2.24) is 9.97 Å². The normalized spacial score (nSPS) is 20.8. The van der Waals surface area contributed by atoms with E-state index < -0.39 is 0 Å². The molecule has 0 aliphatic carbocycles. The summed E-state index contributed by atoms with van der Waals surface area (Å²) < 4.78 is 16.8. The van der Waals surface area contributed by atoms with Crippen molar-refractivity contribution >= 4 is 27.5 Å². The summed E-state index contributed by atoms with van der Waals surface area (Å²) in [7, 11) is 0. The minimum absolute atomic E-state index is 0.0607. The summed E-state index contributed by atoms with van der Waals surface area (Å²) in [4.78, 5) is 7.75. The molecule has 5 nitrogen and oxygen atoms in total. The lowest BCUT2D eigenvalue weighted by molar-refractivity contribution is -0.102. The van der Waals surface area contributed by atoms with Crippen LogP contribution in [0.3, 0.4) is 0 Å². The van der Waals surface area contributed by atoms with Crippen LogP contribution in [-0.2, 0) is 9.47 Å². The van der Waals surface area contributed by atoms with Crippen molar-refractivity contribution in [2.75, 3.05) is 26.4 Å². The predicted octanol–water partition coefficient (Wildman–Crippen LogP) is 1.69. The highest BCUT2D eigenvalue weighted by Gasteiger charge is 2.16. The minimum Gasteiger partial charge on any atom is -0.474 e. The Labute approximate surface area is 106 Å². The fourth-order valence-electron chi connectivity index (χ4n) is 1.24. The molecule has 0 bridgehead atoms. The summed E-state index contributed by atoms with van der Waals surface area (Å²) in [5, 5.41) is 0.152. The monoisotopic (exact) mass is 308 g/mol. The van der Waals surface area contributed by atoms with Crippen molar-refractivity contribution in [1.29, 1.82) is 0 Å². The highest BCUT2D eigenvalue weighted by atomic mass is 79.9. The molecule has 1 aliphatic rings. The van der Waals surface area contributed by atoms with Crippen LogP contribution >= 0.6 is 27.5 Å². The third-order valence-electron chi connectivity index (χ3n) is 1.97. The summed E-state index contributed by atoms with van der Waals surface area (Å²) >= 11 is 8.93. The van der Waals surface area contributed by atoms with Crippen LogP contribution in [0.1, 0.15) is 0 Å². The zero-order valence-electron chi connectivity index (χ0n) is 8.36. The lowest BCUT2D eigenvalue weighted by atomic mass is 10.4. The van der Waals surface area contributed by atoms with Gasteiger partial charge in [-0.25, -0.2) is 4.98 Å². The van der Waals surface area contributed by atoms with Gasteiger partial charge in [0.05, 0.1) is 24.3 Å². The molecule has 16 heavy (non-hydrogen) atoms. The van der Waals surface area contributed by atoms with Crippen LogP contribution in [0.15, 0.2) is 10.7 Å². The Morgan fingerprint density at radius 1 is 1.56 bits per heavy atom. The first-order valence-corrected chi connectivity index (χ1v) is 5.93. The average Bonchev–Trinajstić information content (AvgIpc) is 2.32. The first kappa shape index (κ1) is 12.0. The molecule has 0 spiro atoms. The molecule has 0 radical (unpaired) electrons. The Balaban J connectivity index is 1.90. The van der Waals surface area contributed by atoms with Gasteiger partial charge in [0.2, 0.25) is 11.2 Å². The number of aromatic nitrogens is 2. The number of hydrogen-bond acceptors (Lipinski definition) is 5. The molecule has 88 valence electrons. The Hall–Kier alpha value is -0.430. The molecule has 1 saturated heterocycles. The van der Waals surface area contributed by atoms with Gasteiger partial charge in [-0.3, -0.25) is 0 Å². The fourth-order valence-corrected chi connectivity index (χ4v) is 1.67. The molecule has 1 aromatic heterocycles. The van der Waals surface area contributed by atoms with Crippen molar-refractivity contribution < 1.29 is 14.2 Å². The van der Waals surface area contributed by atoms with Crippen LogP contribution in [0.5, 0.6) is 5.88 Å². The smallest absolute Gasteiger partial charge is 0.232 e. The number of nitrogens with zero attached hydrogens (tertiary/aromatic N) is 2. The maximum atomic E-state index is 5.66. The van der Waals surface area contributed by atoms with Crippen LogP contribution in [-0.4, -0.2) is 42.5 Å². The quantitative estimate of drug-likeness (QED) is 0.795. The van der Waals surface area contributed by atoms with E-state index in [2.05, 4.69) is 25.9 Å². The van der Waals surface area contributed by atoms with Crippen LogP contribution < -0.4 is 4.74 Å². The standard InChI is InChI=1S/C9H10BrClN2O3/c10-7-3-12-9(11)13-8(7)16-5-6-4-14-1-2-15-6/h3,6H,1-2,4-5H2. The lowest BCUT2D eigenvalue weighted by Gasteiger charge is -2.22. The Morgan fingerprint density at radius 2 is 2.44 bits per heavy atom. The van der Waals surface area contributed by atoms with E-state index in [1.807, 2.05) is 0 Å². The maximum Gasteiger partial charge on any atom is 0.232 e. The first-order valence-electron chi connectivity index (χ1n) is 4.76. The lowest BCUT2D eigenvalue weighted by Crippen LogP contribution is -2.33. The average molecular weight is 310 g/mol. The summed E-state index contributed by atoms with van der Waals surface area (Å²) in [6.45, 7) is 2.15. The fraction of sp³-hybridized carbons (Fsp3) is 0.556. The van der Waals surface area contributed by atoms with Gasteiger partial charge in [0.1, 0.15) is 12.7 Å². The second kappa shape index (κ2) is 5.77. The highest BCUT2D eigenvalue weighted by Crippen LogP contribution is 2.22. The van der Waals surface area contributed by atoms with Crippen molar-refractivity contribution in [3.05, 3.63) is 16.0 Å². The van der Waals surface area contributed by atoms with E-state index in [0.717, 1.165) is 0 Å². The van der Waals surface area contributed by atoms with Gasteiger partial charge in [-0.15, -0.1) is 0 Å². The van der Waals surface area contributed by atoms with Gasteiger partial charge < -0.3 is 14.2 Å². The van der Waals surface area contributed by atoms with Crippen LogP contribution in [0.4, 0.5) is 0 Å². The SMILES string of the molecule is Clc1ncc(Br)c(OCC2COCCO2)n1. The van der Waals surface area contributed by atoms with E-state index in [-0.39, 0.29) is 11.4 Å². The predicted molar refractivity (Wildman–Crippen MR) is 60.8 cm³/mol. The highest BCUT2D eigenvalue weighted by molar-refractivity contribution is 9.10. The van der Waals surface area contributed by atoms with Crippen molar-refractivity contribution in [2.45, 2.75) is 6.10 Å². The van der Waals surface area contributed by atoms with Crippen molar-refractivity contribution in [2.24, 2.45) is 0 Å². The number of rotatable bonds is 3. The van der Waals surface area contributed by atoms with Gasteiger partial charge in [-0.1, -0.05) is 0 Å². The molecule has 0 amide bonds. The Bertz CT molecular complexity index is 361. The van der Waals surface area contributed by atoms with Gasteiger partial charge in [0.25, 0.3) is 0 Å². The van der Waals surface area contributed by atoms with E-state index in [4.69, 9.17) is 25.8 Å². The second-order valence-electron chi connectivity index (χ2n) is 3.17. The molecule has 0 saturated carbocycles. The summed E-state index contributed by atoms with van der Waals surface area (Å²) in [5.74, 6) is 0.411. The van der Waals surface area contributed by atoms with Crippen molar-refractivity contribution in [3.8, 4) is 5.88 Å². The van der Waals surface area contributed by atoms with Crippen LogP contribution in [0, 0.1) is 0 Å². The maximum absolute atomic E-state index is 5.66. The second-order valence-corrected chi connectivity index (χ2v) is 4.36. The summed E-state index contributed by atoms with van der Waals surface area (Å²) in [6.07, 6.45) is 1.48. The van der Waals surface area contributed by atoms with E-state index in [9.17, 15) is 0 Å². The minimum atomic E-state index is -0.0607. The van der Waals surface area contributed by atoms with Gasteiger partial charge in [0, 0.05) is 6.20 Å². The van der Waals surface area contributed by atoms with Gasteiger partial charge >= 0.3 is 0 Å². The van der Waals surface area contributed by atoms with Crippen LogP contribution in [0.2, 0.25) is 5.28 Å². The Kier molecular flexibility index (Phi) is 4.34. The zero-order valence-corrected chi connectivity index (χ0v) is 10.7.